The fraction of sp³-hybridized carbons (Fsp3) is 0.273. The van der Waals surface area contributed by atoms with Crippen molar-refractivity contribution in [3.63, 3.8) is 0 Å². The van der Waals surface area contributed by atoms with Gasteiger partial charge in [-0.05, 0) is 44.5 Å². The zero-order valence-corrected chi connectivity index (χ0v) is 42.9. The summed E-state index contributed by atoms with van der Waals surface area (Å²) in [6, 6.07) is 79.1. The molecule has 0 saturated carbocycles. The number of hydrogen-bond acceptors (Lipinski definition) is 11. The van der Waals surface area contributed by atoms with Crippen LogP contribution in [0.4, 0.5) is 0 Å². The van der Waals surface area contributed by atoms with Crippen molar-refractivity contribution in [1.82, 2.24) is 0 Å². The molecule has 8 aromatic carbocycles. The van der Waals surface area contributed by atoms with E-state index in [1.54, 1.807) is 0 Å². The zero-order valence-electron chi connectivity index (χ0n) is 42.9. The summed E-state index contributed by atoms with van der Waals surface area (Å²) in [6.45, 7) is 0.704. The molecule has 0 amide bonds. The monoisotopic (exact) mass is 1030 g/mol. The van der Waals surface area contributed by atoms with Gasteiger partial charge in [0.2, 0.25) is 0 Å². The first-order valence-electron chi connectivity index (χ1n) is 26.4. The van der Waals surface area contributed by atoms with E-state index in [2.05, 4.69) is 0 Å². The van der Waals surface area contributed by atoms with Gasteiger partial charge >= 0.3 is 0 Å². The van der Waals surface area contributed by atoms with Gasteiger partial charge in [0.05, 0.1) is 46.2 Å². The first-order valence-corrected chi connectivity index (χ1v) is 26.4. The largest absolute Gasteiger partial charge is 0.387 e. The summed E-state index contributed by atoms with van der Waals surface area (Å²) in [4.78, 5) is 0. The van der Waals surface area contributed by atoms with E-state index in [-0.39, 0.29) is 46.2 Å². The third kappa shape index (κ3) is 13.7. The molecule has 2 saturated heterocycles. The summed E-state index contributed by atoms with van der Waals surface area (Å²) < 4.78 is 62.3. The molecule has 0 aromatic heterocycles. The van der Waals surface area contributed by atoms with Crippen LogP contribution in [-0.4, -0.2) is 84.8 Å². The molecule has 0 spiro atoms. The van der Waals surface area contributed by atoms with Crippen molar-refractivity contribution in [2.75, 3.05) is 13.2 Å². The molecule has 396 valence electrons. The Labute approximate surface area is 451 Å². The van der Waals surface area contributed by atoms with Crippen molar-refractivity contribution >= 4 is 0 Å². The normalized spacial score (nSPS) is 23.6. The molecule has 0 radical (unpaired) electrons. The Balaban J connectivity index is 1.05. The average Bonchev–Trinajstić information content (AvgIpc) is 3.49. The van der Waals surface area contributed by atoms with Gasteiger partial charge in [0.15, 0.2) is 12.6 Å². The maximum atomic E-state index is 12.9. The number of rotatable bonds is 24. The quantitative estimate of drug-likeness (QED) is 0.0562. The highest BCUT2D eigenvalue weighted by Gasteiger charge is 2.54. The standard InChI is InChI=1S/C66H66O11/c67-58-56(47-74-66(53-35-19-6-20-36-53,54-37-21-7-22-38-54)55-39-23-8-24-40-55)76-65(63(73-45-52-33-17-5-18-34-52)60(58)70-42-49-27-11-2-12-28-49)77-59-57(46-69-41-48-25-9-1-10-26-48)75-64(68)62(72-44-51-31-15-4-16-32-51)61(59)71-43-50-29-13-3-14-30-50/h1-40,56-65,67-68H,41-47H2/t56-,57-,58-,59-,60+,61+,62-,63-,64-,65-/m1/s1. The molecule has 8 aromatic rings. The number of ether oxygens (including phenoxy) is 9. The fourth-order valence-electron chi connectivity index (χ4n) is 10.1. The van der Waals surface area contributed by atoms with E-state index in [0.29, 0.717) is 0 Å². The van der Waals surface area contributed by atoms with Crippen molar-refractivity contribution in [2.24, 2.45) is 0 Å². The highest BCUT2D eigenvalue weighted by molar-refractivity contribution is 5.47. The molecule has 2 aliphatic rings. The van der Waals surface area contributed by atoms with Gasteiger partial charge in [-0.2, -0.15) is 0 Å². The third-order valence-corrected chi connectivity index (χ3v) is 14.1. The van der Waals surface area contributed by atoms with Crippen LogP contribution < -0.4 is 0 Å². The maximum absolute atomic E-state index is 12.9. The van der Waals surface area contributed by atoms with Gasteiger partial charge in [0.1, 0.15) is 54.4 Å². The Hall–Kier alpha value is -6.68. The molecular weight excluding hydrogens is 969 g/mol. The Bertz CT molecular complexity index is 2810. The van der Waals surface area contributed by atoms with Crippen LogP contribution in [0, 0.1) is 0 Å². The molecule has 2 aliphatic heterocycles. The second-order valence-corrected chi connectivity index (χ2v) is 19.3. The molecule has 0 unspecified atom stereocenters. The van der Waals surface area contributed by atoms with E-state index in [9.17, 15) is 10.2 Å². The molecule has 2 fully saturated rings. The molecule has 0 aliphatic carbocycles. The van der Waals surface area contributed by atoms with Gasteiger partial charge in [-0.3, -0.25) is 0 Å². The SMILES string of the molecule is O[C@H]1[C@H](OCc2ccccc2)[C@@H](OCc2ccccc2)[C@@H](O[C@H]2[C@H](OCc3ccccc3)[C@@H](OCc3ccccc3)[C@H](O)O[C@@H]2COCc2ccccc2)O[C@@H]1COC(c1ccccc1)(c1ccccc1)c1ccccc1. The van der Waals surface area contributed by atoms with Crippen molar-refractivity contribution in [3.05, 3.63) is 287 Å². The van der Waals surface area contributed by atoms with Crippen LogP contribution in [0.3, 0.4) is 0 Å². The predicted octanol–water partition coefficient (Wildman–Crippen LogP) is 10.7. The molecule has 10 atom stereocenters. The Kier molecular flexibility index (Phi) is 18.9. The van der Waals surface area contributed by atoms with Gasteiger partial charge < -0.3 is 52.8 Å². The highest BCUT2D eigenvalue weighted by atomic mass is 16.7. The summed E-state index contributed by atoms with van der Waals surface area (Å²) in [6.07, 6.45) is -11.2. The number of hydrogen-bond donors (Lipinski definition) is 2. The summed E-state index contributed by atoms with van der Waals surface area (Å²) in [5.41, 5.74) is 6.03. The van der Waals surface area contributed by atoms with E-state index in [1.807, 2.05) is 243 Å². The van der Waals surface area contributed by atoms with E-state index in [1.165, 1.54) is 0 Å². The van der Waals surface area contributed by atoms with Crippen LogP contribution >= 0.6 is 0 Å². The molecule has 0 bridgehead atoms. The lowest BCUT2D eigenvalue weighted by atomic mass is 9.80. The van der Waals surface area contributed by atoms with Crippen LogP contribution in [0.25, 0.3) is 0 Å². The second-order valence-electron chi connectivity index (χ2n) is 19.3. The first kappa shape index (κ1) is 53.7. The highest BCUT2D eigenvalue weighted by Crippen LogP contribution is 2.42. The van der Waals surface area contributed by atoms with Crippen molar-refractivity contribution in [1.29, 1.82) is 0 Å². The lowest BCUT2D eigenvalue weighted by molar-refractivity contribution is -0.372. The Morgan fingerprint density at radius 3 is 1.10 bits per heavy atom. The fourth-order valence-corrected chi connectivity index (χ4v) is 10.1. The number of aliphatic hydroxyl groups is 2. The average molecular weight is 1040 g/mol. The van der Waals surface area contributed by atoms with Crippen LogP contribution in [-0.2, 0) is 81.3 Å². The topological polar surface area (TPSA) is 124 Å². The van der Waals surface area contributed by atoms with Crippen molar-refractivity contribution < 1.29 is 52.8 Å². The molecule has 11 nitrogen and oxygen atoms in total. The zero-order chi connectivity index (χ0) is 52.5. The lowest BCUT2D eigenvalue weighted by Crippen LogP contribution is -2.66. The lowest BCUT2D eigenvalue weighted by Gasteiger charge is -2.49. The molecule has 11 heteroatoms. The number of aliphatic hydroxyl groups excluding tert-OH is 2. The summed E-state index contributed by atoms with van der Waals surface area (Å²) in [7, 11) is 0. The minimum Gasteiger partial charge on any atom is -0.387 e. The van der Waals surface area contributed by atoms with Gasteiger partial charge in [0.25, 0.3) is 0 Å². The third-order valence-electron chi connectivity index (χ3n) is 14.1. The van der Waals surface area contributed by atoms with E-state index < -0.39 is 67.0 Å². The smallest absolute Gasteiger partial charge is 0.187 e. The van der Waals surface area contributed by atoms with Crippen molar-refractivity contribution in [3.8, 4) is 0 Å². The van der Waals surface area contributed by atoms with Crippen LogP contribution in [0.2, 0.25) is 0 Å². The van der Waals surface area contributed by atoms with Gasteiger partial charge in [-0.1, -0.05) is 243 Å². The minimum atomic E-state index is -1.45. The van der Waals surface area contributed by atoms with Gasteiger partial charge in [-0.15, -0.1) is 0 Å². The van der Waals surface area contributed by atoms with Crippen LogP contribution in [0.1, 0.15) is 44.5 Å². The molecular formula is C66H66O11. The Morgan fingerprint density at radius 1 is 0.338 bits per heavy atom. The van der Waals surface area contributed by atoms with Gasteiger partial charge in [0, 0.05) is 0 Å². The number of benzene rings is 8. The molecule has 2 heterocycles. The summed E-state index contributed by atoms with van der Waals surface area (Å²) in [5.74, 6) is 0. The van der Waals surface area contributed by atoms with Crippen molar-refractivity contribution in [2.45, 2.75) is 100 Å². The minimum absolute atomic E-state index is 0.00761. The predicted molar refractivity (Wildman–Crippen MR) is 292 cm³/mol. The maximum Gasteiger partial charge on any atom is 0.187 e. The molecule has 10 rings (SSSR count). The first-order chi connectivity index (χ1) is 38.0. The van der Waals surface area contributed by atoms with E-state index in [4.69, 9.17) is 42.6 Å². The second kappa shape index (κ2) is 27.1. The Morgan fingerprint density at radius 2 is 0.688 bits per heavy atom. The molecule has 77 heavy (non-hydrogen) atoms. The summed E-state index contributed by atoms with van der Waals surface area (Å²) in [5, 5.41) is 25.0. The summed E-state index contributed by atoms with van der Waals surface area (Å²) >= 11 is 0. The van der Waals surface area contributed by atoms with E-state index >= 15 is 0 Å². The van der Waals surface area contributed by atoms with Crippen LogP contribution in [0.15, 0.2) is 243 Å². The van der Waals surface area contributed by atoms with E-state index in [0.717, 1.165) is 44.5 Å². The van der Waals surface area contributed by atoms with Crippen LogP contribution in [0.5, 0.6) is 0 Å². The molecule has 2 N–H and O–H groups in total. The van der Waals surface area contributed by atoms with Gasteiger partial charge in [-0.25, -0.2) is 0 Å².